The summed E-state index contributed by atoms with van der Waals surface area (Å²) in [7, 11) is 0. The number of pyridine rings is 1. The first-order valence-electron chi connectivity index (χ1n) is 5.30. The number of carbonyl (C=O) groups is 1. The van der Waals surface area contributed by atoms with Crippen LogP contribution in [0.5, 0.6) is 0 Å². The fraction of sp³-hybridized carbons (Fsp3) is 0.417. The van der Waals surface area contributed by atoms with Crippen molar-refractivity contribution in [3.05, 3.63) is 29.1 Å². The zero-order chi connectivity index (χ0) is 13.2. The summed E-state index contributed by atoms with van der Waals surface area (Å²) in [6.45, 7) is 7.22. The molecule has 1 aromatic heterocycles. The summed E-state index contributed by atoms with van der Waals surface area (Å²) in [6.07, 6.45) is 0. The molecule has 4 nitrogen and oxygen atoms in total. The van der Waals surface area contributed by atoms with Gasteiger partial charge in [-0.3, -0.25) is 9.78 Å². The molecule has 0 saturated heterocycles. The van der Waals surface area contributed by atoms with Gasteiger partial charge in [0.05, 0.1) is 21.8 Å². The average Bonchev–Trinajstić information content (AvgIpc) is 2.15. The van der Waals surface area contributed by atoms with E-state index in [1.807, 2.05) is 6.92 Å². The lowest BCUT2D eigenvalue weighted by atomic mass is 10.0. The summed E-state index contributed by atoms with van der Waals surface area (Å²) in [4.78, 5) is 16.5. The molecule has 1 amide bonds. The van der Waals surface area contributed by atoms with E-state index >= 15 is 0 Å². The Morgan fingerprint density at radius 3 is 2.47 bits per heavy atom. The van der Waals surface area contributed by atoms with E-state index < -0.39 is 5.54 Å². The summed E-state index contributed by atoms with van der Waals surface area (Å²) in [5.41, 5.74) is 6.97. The molecule has 1 heterocycles. The summed E-state index contributed by atoms with van der Waals surface area (Å²) >= 11 is 4.90. The maximum absolute atomic E-state index is 12.0. The Morgan fingerprint density at radius 2 is 2.00 bits per heavy atom. The van der Waals surface area contributed by atoms with Gasteiger partial charge in [-0.25, -0.2) is 0 Å². The van der Waals surface area contributed by atoms with Gasteiger partial charge in [0.25, 0.3) is 5.91 Å². The standard InChI is InChI=1S/C12H17N3OS/c1-7-5-6-9(8(2)14-7)10(16)15-12(3,4)11(13)17/h5-6H,1-4H3,(H2,13,17)(H,15,16). The molecule has 0 bridgehead atoms. The molecule has 0 saturated carbocycles. The van der Waals surface area contributed by atoms with Gasteiger partial charge in [-0.15, -0.1) is 0 Å². The Hall–Kier alpha value is -1.49. The van der Waals surface area contributed by atoms with E-state index in [1.54, 1.807) is 32.9 Å². The van der Waals surface area contributed by atoms with Crippen molar-refractivity contribution in [3.63, 3.8) is 0 Å². The minimum Gasteiger partial charge on any atom is -0.391 e. The first-order chi connectivity index (χ1) is 7.74. The summed E-state index contributed by atoms with van der Waals surface area (Å²) in [5, 5.41) is 2.79. The predicted octanol–water partition coefficient (Wildman–Crippen LogP) is 1.49. The molecule has 0 radical (unpaired) electrons. The van der Waals surface area contributed by atoms with E-state index in [0.29, 0.717) is 11.3 Å². The molecular weight excluding hydrogens is 234 g/mol. The van der Waals surface area contributed by atoms with E-state index in [1.165, 1.54) is 0 Å². The predicted molar refractivity (Wildman–Crippen MR) is 72.0 cm³/mol. The number of aryl methyl sites for hydroxylation is 2. The number of hydrogen-bond acceptors (Lipinski definition) is 3. The number of aromatic nitrogens is 1. The molecule has 0 aliphatic carbocycles. The average molecular weight is 251 g/mol. The van der Waals surface area contributed by atoms with Crippen LogP contribution in [-0.4, -0.2) is 21.4 Å². The van der Waals surface area contributed by atoms with Gasteiger partial charge in [0, 0.05) is 5.69 Å². The highest BCUT2D eigenvalue weighted by atomic mass is 32.1. The van der Waals surface area contributed by atoms with Crippen LogP contribution in [-0.2, 0) is 0 Å². The second-order valence-electron chi connectivity index (χ2n) is 4.53. The number of hydrogen-bond donors (Lipinski definition) is 2. The second kappa shape index (κ2) is 4.79. The minimum absolute atomic E-state index is 0.215. The maximum Gasteiger partial charge on any atom is 0.253 e. The van der Waals surface area contributed by atoms with Gasteiger partial charge in [0.15, 0.2) is 0 Å². The van der Waals surface area contributed by atoms with Crippen LogP contribution in [0.1, 0.15) is 35.6 Å². The van der Waals surface area contributed by atoms with Crippen molar-refractivity contribution in [1.29, 1.82) is 0 Å². The molecule has 3 N–H and O–H groups in total. The first-order valence-corrected chi connectivity index (χ1v) is 5.71. The topological polar surface area (TPSA) is 68.0 Å². The van der Waals surface area contributed by atoms with E-state index in [2.05, 4.69) is 10.3 Å². The third-order valence-electron chi connectivity index (χ3n) is 2.51. The molecule has 0 aliphatic heterocycles. The SMILES string of the molecule is Cc1ccc(C(=O)NC(C)(C)C(N)=S)c(C)n1. The molecule has 0 aromatic carbocycles. The Balaban J connectivity index is 2.95. The zero-order valence-corrected chi connectivity index (χ0v) is 11.3. The highest BCUT2D eigenvalue weighted by Gasteiger charge is 2.24. The third-order valence-corrected chi connectivity index (χ3v) is 3.02. The molecule has 92 valence electrons. The molecule has 1 aromatic rings. The number of nitrogens with one attached hydrogen (secondary N) is 1. The van der Waals surface area contributed by atoms with Crippen LogP contribution < -0.4 is 11.1 Å². The Labute approximate surface area is 107 Å². The van der Waals surface area contributed by atoms with Crippen molar-refractivity contribution in [1.82, 2.24) is 10.3 Å². The lowest BCUT2D eigenvalue weighted by Crippen LogP contribution is -2.52. The molecular formula is C12H17N3OS. The number of thiocarbonyl (C=S) groups is 1. The Kier molecular flexibility index (Phi) is 3.83. The normalized spacial score (nSPS) is 11.1. The minimum atomic E-state index is -0.705. The van der Waals surface area contributed by atoms with E-state index in [-0.39, 0.29) is 10.9 Å². The maximum atomic E-state index is 12.0. The monoisotopic (exact) mass is 251 g/mol. The van der Waals surface area contributed by atoms with Gasteiger partial charge in [-0.05, 0) is 39.8 Å². The number of nitrogens with two attached hydrogens (primary N) is 1. The van der Waals surface area contributed by atoms with E-state index in [9.17, 15) is 4.79 Å². The number of carbonyl (C=O) groups excluding carboxylic acids is 1. The van der Waals surface area contributed by atoms with Gasteiger partial charge in [-0.2, -0.15) is 0 Å². The Bertz CT molecular complexity index is 469. The molecule has 0 fully saturated rings. The van der Waals surface area contributed by atoms with Gasteiger partial charge in [0.2, 0.25) is 0 Å². The molecule has 0 aliphatic rings. The Morgan fingerprint density at radius 1 is 1.41 bits per heavy atom. The second-order valence-corrected chi connectivity index (χ2v) is 4.97. The molecule has 5 heteroatoms. The molecule has 0 atom stereocenters. The highest BCUT2D eigenvalue weighted by Crippen LogP contribution is 2.09. The lowest BCUT2D eigenvalue weighted by Gasteiger charge is -2.25. The lowest BCUT2D eigenvalue weighted by molar-refractivity contribution is 0.0931. The van der Waals surface area contributed by atoms with Crippen molar-refractivity contribution < 1.29 is 4.79 Å². The van der Waals surface area contributed by atoms with Gasteiger partial charge in [0.1, 0.15) is 0 Å². The largest absolute Gasteiger partial charge is 0.391 e. The summed E-state index contributed by atoms with van der Waals surface area (Å²) < 4.78 is 0. The third kappa shape index (κ3) is 3.23. The van der Waals surface area contributed by atoms with E-state index in [4.69, 9.17) is 18.0 Å². The zero-order valence-electron chi connectivity index (χ0n) is 10.5. The molecule has 0 unspecified atom stereocenters. The first kappa shape index (κ1) is 13.6. The quantitative estimate of drug-likeness (QED) is 0.799. The van der Waals surface area contributed by atoms with Crippen LogP contribution in [0.3, 0.4) is 0 Å². The van der Waals surface area contributed by atoms with Gasteiger partial charge < -0.3 is 11.1 Å². The molecule has 17 heavy (non-hydrogen) atoms. The van der Waals surface area contributed by atoms with Crippen molar-refractivity contribution in [2.75, 3.05) is 0 Å². The molecule has 0 spiro atoms. The van der Waals surface area contributed by atoms with E-state index in [0.717, 1.165) is 5.69 Å². The molecule has 1 rings (SSSR count). The van der Waals surface area contributed by atoms with Crippen LogP contribution >= 0.6 is 12.2 Å². The number of nitrogens with zero attached hydrogens (tertiary/aromatic N) is 1. The van der Waals surface area contributed by atoms with Crippen molar-refractivity contribution in [2.24, 2.45) is 5.73 Å². The van der Waals surface area contributed by atoms with Crippen LogP contribution in [0.2, 0.25) is 0 Å². The van der Waals surface area contributed by atoms with Crippen LogP contribution in [0.4, 0.5) is 0 Å². The number of rotatable bonds is 3. The van der Waals surface area contributed by atoms with Crippen molar-refractivity contribution >= 4 is 23.1 Å². The van der Waals surface area contributed by atoms with Crippen LogP contribution in [0.25, 0.3) is 0 Å². The van der Waals surface area contributed by atoms with Gasteiger partial charge in [-0.1, -0.05) is 12.2 Å². The fourth-order valence-electron chi connectivity index (χ4n) is 1.34. The summed E-state index contributed by atoms with van der Waals surface area (Å²) in [6, 6.07) is 3.55. The van der Waals surface area contributed by atoms with Crippen LogP contribution in [0, 0.1) is 13.8 Å². The highest BCUT2D eigenvalue weighted by molar-refractivity contribution is 7.80. The smallest absolute Gasteiger partial charge is 0.253 e. The van der Waals surface area contributed by atoms with Crippen molar-refractivity contribution in [2.45, 2.75) is 33.2 Å². The van der Waals surface area contributed by atoms with Gasteiger partial charge >= 0.3 is 0 Å². The number of amides is 1. The summed E-state index contributed by atoms with van der Waals surface area (Å²) in [5.74, 6) is -0.215. The fourth-order valence-corrected chi connectivity index (χ4v) is 1.39. The van der Waals surface area contributed by atoms with Crippen molar-refractivity contribution in [3.8, 4) is 0 Å². The van der Waals surface area contributed by atoms with Crippen LogP contribution in [0.15, 0.2) is 12.1 Å².